The number of rotatable bonds is 5. The summed E-state index contributed by atoms with van der Waals surface area (Å²) in [5.74, 6) is -1.13. The normalized spacial score (nSPS) is 11.8. The largest absolute Gasteiger partial charge is 0.359 e. The van der Waals surface area contributed by atoms with Gasteiger partial charge >= 0.3 is 6.05 Å². The van der Waals surface area contributed by atoms with E-state index < -0.39 is 29.1 Å². The Kier molecular flexibility index (Phi) is 4.39. The minimum Gasteiger partial charge on any atom is -0.206 e. The van der Waals surface area contributed by atoms with Gasteiger partial charge in [-0.2, -0.15) is 8.78 Å². The minimum atomic E-state index is -3.99. The Hall–Kier alpha value is -1.88. The Labute approximate surface area is 114 Å². The van der Waals surface area contributed by atoms with E-state index in [1.54, 1.807) is 30.3 Å². The SMILES string of the molecule is Fc1ccccc1C(F)(F)N(F)CCc1ccccc1. The van der Waals surface area contributed by atoms with Crippen LogP contribution in [-0.4, -0.2) is 11.7 Å². The van der Waals surface area contributed by atoms with E-state index in [0.717, 1.165) is 17.7 Å². The van der Waals surface area contributed by atoms with Gasteiger partial charge < -0.3 is 0 Å². The predicted molar refractivity (Wildman–Crippen MR) is 68.3 cm³/mol. The molecule has 0 aliphatic rings. The molecule has 0 spiro atoms. The van der Waals surface area contributed by atoms with Crippen LogP contribution < -0.4 is 0 Å². The molecule has 0 saturated carbocycles. The standard InChI is InChI=1S/C15H13F4N/c16-14-9-5-4-8-13(14)15(17,18)20(19)11-10-12-6-2-1-3-7-12/h1-9H,10-11H2. The zero-order valence-corrected chi connectivity index (χ0v) is 10.6. The lowest BCUT2D eigenvalue weighted by Crippen LogP contribution is -2.35. The monoisotopic (exact) mass is 283 g/mol. The summed E-state index contributed by atoms with van der Waals surface area (Å²) in [7, 11) is 0. The first kappa shape index (κ1) is 14.5. The zero-order valence-electron chi connectivity index (χ0n) is 10.6. The second kappa shape index (κ2) is 6.05. The van der Waals surface area contributed by atoms with Gasteiger partial charge in [0.2, 0.25) is 0 Å². The van der Waals surface area contributed by atoms with Crippen LogP contribution in [0, 0.1) is 5.82 Å². The molecule has 0 atom stereocenters. The molecule has 20 heavy (non-hydrogen) atoms. The van der Waals surface area contributed by atoms with Gasteiger partial charge in [-0.1, -0.05) is 47.6 Å². The van der Waals surface area contributed by atoms with Gasteiger partial charge in [-0.15, -0.1) is 4.48 Å². The van der Waals surface area contributed by atoms with E-state index in [9.17, 15) is 17.7 Å². The van der Waals surface area contributed by atoms with Gasteiger partial charge in [0.05, 0.1) is 5.56 Å². The molecule has 0 aliphatic carbocycles. The maximum Gasteiger partial charge on any atom is 0.359 e. The lowest BCUT2D eigenvalue weighted by Gasteiger charge is -2.23. The van der Waals surface area contributed by atoms with Crippen LogP contribution in [0.1, 0.15) is 11.1 Å². The minimum absolute atomic E-state index is 0.112. The third-order valence-corrected chi connectivity index (χ3v) is 2.94. The van der Waals surface area contributed by atoms with Crippen molar-refractivity contribution in [3.8, 4) is 0 Å². The fraction of sp³-hybridized carbons (Fsp3) is 0.200. The van der Waals surface area contributed by atoms with Crippen molar-refractivity contribution in [1.82, 2.24) is 5.12 Å². The van der Waals surface area contributed by atoms with Gasteiger partial charge in [0.15, 0.2) is 0 Å². The Morgan fingerprint density at radius 3 is 2.15 bits per heavy atom. The van der Waals surface area contributed by atoms with Gasteiger partial charge in [-0.3, -0.25) is 0 Å². The first-order valence-corrected chi connectivity index (χ1v) is 6.12. The first-order valence-electron chi connectivity index (χ1n) is 6.12. The van der Waals surface area contributed by atoms with Gasteiger partial charge in [0, 0.05) is 6.54 Å². The van der Waals surface area contributed by atoms with Gasteiger partial charge in [0.1, 0.15) is 5.82 Å². The third-order valence-electron chi connectivity index (χ3n) is 2.94. The van der Waals surface area contributed by atoms with Crippen molar-refractivity contribution < 1.29 is 17.7 Å². The summed E-state index contributed by atoms with van der Waals surface area (Å²) in [5.41, 5.74) is -0.227. The van der Waals surface area contributed by atoms with Crippen molar-refractivity contribution in [3.63, 3.8) is 0 Å². The van der Waals surface area contributed by atoms with Crippen LogP contribution in [0.5, 0.6) is 0 Å². The average Bonchev–Trinajstić information content (AvgIpc) is 2.46. The van der Waals surface area contributed by atoms with E-state index in [4.69, 9.17) is 0 Å². The van der Waals surface area contributed by atoms with E-state index in [-0.39, 0.29) is 6.42 Å². The maximum absolute atomic E-state index is 13.8. The van der Waals surface area contributed by atoms with Gasteiger partial charge in [0.25, 0.3) is 0 Å². The maximum atomic E-state index is 13.8. The summed E-state index contributed by atoms with van der Waals surface area (Å²) in [5, 5.41) is -0.627. The highest BCUT2D eigenvalue weighted by molar-refractivity contribution is 5.21. The van der Waals surface area contributed by atoms with E-state index in [2.05, 4.69) is 0 Å². The molecular weight excluding hydrogens is 270 g/mol. The summed E-state index contributed by atoms with van der Waals surface area (Å²) in [4.78, 5) is 0. The van der Waals surface area contributed by atoms with Crippen LogP contribution in [0.4, 0.5) is 17.7 Å². The third kappa shape index (κ3) is 3.17. The Balaban J connectivity index is 2.08. The van der Waals surface area contributed by atoms with E-state index >= 15 is 0 Å². The molecule has 0 bridgehead atoms. The lowest BCUT2D eigenvalue weighted by atomic mass is 10.1. The topological polar surface area (TPSA) is 3.24 Å². The Bertz CT molecular complexity index is 557. The smallest absolute Gasteiger partial charge is 0.206 e. The summed E-state index contributed by atoms with van der Waals surface area (Å²) in [6.45, 7) is -0.522. The highest BCUT2D eigenvalue weighted by atomic mass is 19.3. The molecule has 5 heteroatoms. The molecule has 1 nitrogen and oxygen atoms in total. The number of halogens is 4. The molecule has 0 aliphatic heterocycles. The molecule has 2 rings (SSSR count). The van der Waals surface area contributed by atoms with Crippen LogP contribution in [0.2, 0.25) is 0 Å². The highest BCUT2D eigenvalue weighted by Crippen LogP contribution is 2.34. The number of hydrogen-bond donors (Lipinski definition) is 0. The molecule has 0 unspecified atom stereocenters. The van der Waals surface area contributed by atoms with Crippen LogP contribution in [-0.2, 0) is 12.5 Å². The molecule has 0 N–H and O–H groups in total. The summed E-state index contributed by atoms with van der Waals surface area (Å²) in [6, 6.07) is 9.01. The average molecular weight is 283 g/mol. The van der Waals surface area contributed by atoms with Crippen LogP contribution >= 0.6 is 0 Å². The summed E-state index contributed by atoms with van der Waals surface area (Å²) in [6.07, 6.45) is 0.112. The van der Waals surface area contributed by atoms with E-state index in [0.29, 0.717) is 0 Å². The number of alkyl halides is 2. The molecule has 2 aromatic carbocycles. The number of nitrogens with zero attached hydrogens (tertiary/aromatic N) is 1. The van der Waals surface area contributed by atoms with Crippen molar-refractivity contribution in [2.24, 2.45) is 0 Å². The fourth-order valence-electron chi connectivity index (χ4n) is 1.85. The molecule has 106 valence electrons. The summed E-state index contributed by atoms with van der Waals surface area (Å²) < 4.78 is 54.6. The number of hydrogen-bond acceptors (Lipinski definition) is 1. The molecule has 0 fully saturated rings. The molecule has 0 heterocycles. The molecule has 0 amide bonds. The van der Waals surface area contributed by atoms with Crippen molar-refractivity contribution in [3.05, 3.63) is 71.5 Å². The molecule has 0 aromatic heterocycles. The van der Waals surface area contributed by atoms with Gasteiger partial charge in [-0.05, 0) is 24.1 Å². The molecule has 0 radical (unpaired) electrons. The second-order valence-corrected chi connectivity index (χ2v) is 4.34. The summed E-state index contributed by atoms with van der Waals surface area (Å²) >= 11 is 0. The van der Waals surface area contributed by atoms with Crippen molar-refractivity contribution in [2.75, 3.05) is 6.54 Å². The van der Waals surface area contributed by atoms with Crippen LogP contribution in [0.3, 0.4) is 0 Å². The lowest BCUT2D eigenvalue weighted by molar-refractivity contribution is -0.245. The van der Waals surface area contributed by atoms with Crippen LogP contribution in [0.15, 0.2) is 54.6 Å². The molecule has 2 aromatic rings. The highest BCUT2D eigenvalue weighted by Gasteiger charge is 2.42. The van der Waals surface area contributed by atoms with Crippen molar-refractivity contribution in [2.45, 2.75) is 12.5 Å². The van der Waals surface area contributed by atoms with E-state index in [1.807, 2.05) is 0 Å². The van der Waals surface area contributed by atoms with Crippen molar-refractivity contribution in [1.29, 1.82) is 0 Å². The fourth-order valence-corrected chi connectivity index (χ4v) is 1.85. The molecule has 0 saturated heterocycles. The first-order chi connectivity index (χ1) is 9.51. The number of benzene rings is 2. The molecular formula is C15H13F4N. The van der Waals surface area contributed by atoms with Gasteiger partial charge in [-0.25, -0.2) is 4.39 Å². The second-order valence-electron chi connectivity index (χ2n) is 4.34. The Morgan fingerprint density at radius 2 is 1.50 bits per heavy atom. The van der Waals surface area contributed by atoms with Crippen molar-refractivity contribution >= 4 is 0 Å². The zero-order chi connectivity index (χ0) is 14.6. The quantitative estimate of drug-likeness (QED) is 0.449. The predicted octanol–water partition coefficient (Wildman–Crippen LogP) is 4.30. The Morgan fingerprint density at radius 1 is 0.900 bits per heavy atom. The van der Waals surface area contributed by atoms with Crippen LogP contribution in [0.25, 0.3) is 0 Å². The van der Waals surface area contributed by atoms with E-state index in [1.165, 1.54) is 12.1 Å².